The van der Waals surface area contributed by atoms with E-state index in [-0.39, 0.29) is 46.4 Å². The summed E-state index contributed by atoms with van der Waals surface area (Å²) in [6, 6.07) is 10.3. The van der Waals surface area contributed by atoms with Crippen molar-refractivity contribution >= 4 is 33.2 Å². The van der Waals surface area contributed by atoms with E-state index >= 15 is 0 Å². The number of hydrogen-bond donors (Lipinski definition) is 2. The van der Waals surface area contributed by atoms with E-state index in [9.17, 15) is 18.3 Å². The van der Waals surface area contributed by atoms with Gasteiger partial charge in [0.2, 0.25) is 0 Å². The van der Waals surface area contributed by atoms with Gasteiger partial charge in [0, 0.05) is 30.6 Å². The van der Waals surface area contributed by atoms with Crippen LogP contribution in [-0.2, 0) is 10.0 Å². The first-order chi connectivity index (χ1) is 17.1. The molecule has 0 aromatic heterocycles. The summed E-state index contributed by atoms with van der Waals surface area (Å²) < 4.78 is 35.4. The smallest absolute Gasteiger partial charge is 0.262 e. The summed E-state index contributed by atoms with van der Waals surface area (Å²) in [5.41, 5.74) is 0.449. The summed E-state index contributed by atoms with van der Waals surface area (Å²) in [6.07, 6.45) is 2.18. The van der Waals surface area contributed by atoms with Gasteiger partial charge in [-0.2, -0.15) is 0 Å². The van der Waals surface area contributed by atoms with E-state index in [4.69, 9.17) is 16.3 Å². The molecule has 0 saturated heterocycles. The van der Waals surface area contributed by atoms with Gasteiger partial charge in [0.1, 0.15) is 6.10 Å². The molecule has 3 atom stereocenters. The van der Waals surface area contributed by atoms with Gasteiger partial charge in [-0.05, 0) is 69.1 Å². The second kappa shape index (κ2) is 11.0. The number of para-hydroxylation sites is 1. The van der Waals surface area contributed by atoms with Crippen molar-refractivity contribution in [3.63, 3.8) is 0 Å². The lowest BCUT2D eigenvalue weighted by Crippen LogP contribution is -2.50. The first-order valence-electron chi connectivity index (χ1n) is 12.3. The first kappa shape index (κ1) is 26.7. The van der Waals surface area contributed by atoms with Crippen LogP contribution in [0.15, 0.2) is 47.4 Å². The third-order valence-electron chi connectivity index (χ3n) is 6.82. The van der Waals surface area contributed by atoms with E-state index in [1.165, 1.54) is 37.1 Å². The highest BCUT2D eigenvalue weighted by molar-refractivity contribution is 7.92. The van der Waals surface area contributed by atoms with E-state index in [1.807, 2.05) is 6.92 Å². The minimum absolute atomic E-state index is 0.0475. The first-order valence-corrected chi connectivity index (χ1v) is 14.1. The number of hydrogen-bond acceptors (Lipinski definition) is 6. The number of likely N-dealkylation sites (N-methyl/N-ethyl adjacent to an activating group) is 1. The van der Waals surface area contributed by atoms with Crippen molar-refractivity contribution < 1.29 is 23.1 Å². The SMILES string of the molecule is C[C@H]1CN([C@@H](C)CO)C(=O)c2cccc(NS(=O)(=O)c3ccc(Cl)cc3)c2O[C@H]1CN(C)CC1CC1. The fourth-order valence-electron chi connectivity index (χ4n) is 4.48. The molecule has 0 spiro atoms. The number of aliphatic hydroxyl groups excluding tert-OH is 1. The van der Waals surface area contributed by atoms with Crippen LogP contribution in [0.5, 0.6) is 5.75 Å². The van der Waals surface area contributed by atoms with Crippen molar-refractivity contribution in [3.8, 4) is 5.75 Å². The maximum atomic E-state index is 13.6. The number of fused-ring (bicyclic) bond motifs is 1. The van der Waals surface area contributed by atoms with Crippen molar-refractivity contribution in [2.45, 2.75) is 43.7 Å². The van der Waals surface area contributed by atoms with Gasteiger partial charge in [0.25, 0.3) is 15.9 Å². The predicted octanol–water partition coefficient (Wildman–Crippen LogP) is 3.70. The number of sulfonamides is 1. The predicted molar refractivity (Wildman–Crippen MR) is 140 cm³/mol. The largest absolute Gasteiger partial charge is 0.486 e. The third-order valence-corrected chi connectivity index (χ3v) is 8.45. The molecule has 2 aromatic rings. The molecule has 1 aliphatic heterocycles. The number of anilines is 1. The molecule has 196 valence electrons. The summed E-state index contributed by atoms with van der Waals surface area (Å²) in [6.45, 7) is 5.66. The maximum absolute atomic E-state index is 13.6. The van der Waals surface area contributed by atoms with Crippen LogP contribution in [0.2, 0.25) is 5.02 Å². The lowest BCUT2D eigenvalue weighted by Gasteiger charge is -2.38. The minimum atomic E-state index is -3.96. The second-order valence-corrected chi connectivity index (χ2v) is 12.1. The van der Waals surface area contributed by atoms with Gasteiger partial charge < -0.3 is 19.6 Å². The molecule has 0 bridgehead atoms. The van der Waals surface area contributed by atoms with Crippen LogP contribution < -0.4 is 9.46 Å². The van der Waals surface area contributed by atoms with E-state index in [1.54, 1.807) is 30.0 Å². The van der Waals surface area contributed by atoms with E-state index in [0.29, 0.717) is 24.0 Å². The number of carbonyl (C=O) groups excluding carboxylic acids is 1. The molecule has 1 aliphatic carbocycles. The van der Waals surface area contributed by atoms with Crippen LogP contribution in [0.25, 0.3) is 0 Å². The number of nitrogens with zero attached hydrogens (tertiary/aromatic N) is 2. The van der Waals surface area contributed by atoms with Crippen LogP contribution >= 0.6 is 11.6 Å². The minimum Gasteiger partial charge on any atom is -0.486 e. The molecule has 1 amide bonds. The van der Waals surface area contributed by atoms with Crippen molar-refractivity contribution in [3.05, 3.63) is 53.1 Å². The Morgan fingerprint density at radius 1 is 1.19 bits per heavy atom. The molecule has 2 aliphatic rings. The third kappa shape index (κ3) is 6.14. The molecule has 1 fully saturated rings. The highest BCUT2D eigenvalue weighted by atomic mass is 35.5. The molecular formula is C26H34ClN3O5S. The number of carbonyl (C=O) groups is 1. The number of halogens is 1. The fraction of sp³-hybridized carbons (Fsp3) is 0.500. The topological polar surface area (TPSA) is 99.2 Å². The van der Waals surface area contributed by atoms with E-state index in [0.717, 1.165) is 6.54 Å². The van der Waals surface area contributed by atoms with Crippen molar-refractivity contribution in [2.75, 3.05) is 38.0 Å². The zero-order valence-electron chi connectivity index (χ0n) is 20.9. The van der Waals surface area contributed by atoms with Crippen LogP contribution in [0.4, 0.5) is 5.69 Å². The molecule has 0 radical (unpaired) electrons. The molecule has 1 saturated carbocycles. The zero-order valence-corrected chi connectivity index (χ0v) is 22.4. The molecule has 4 rings (SSSR count). The molecule has 2 aromatic carbocycles. The van der Waals surface area contributed by atoms with Gasteiger partial charge in [-0.15, -0.1) is 0 Å². The van der Waals surface area contributed by atoms with Gasteiger partial charge in [0.15, 0.2) is 5.75 Å². The van der Waals surface area contributed by atoms with Crippen LogP contribution in [-0.4, -0.2) is 74.7 Å². The Bertz CT molecular complexity index is 1190. The average molecular weight is 536 g/mol. The quantitative estimate of drug-likeness (QED) is 0.508. The standard InChI is InChI=1S/C26H34ClN3O5S/c1-17-13-30(18(2)16-31)26(32)22-5-4-6-23(28-36(33,34)21-11-9-20(27)10-12-21)25(22)35-24(17)15-29(3)14-19-7-8-19/h4-6,9-12,17-19,24,28,31H,7-8,13-16H2,1-3H3/t17-,18-,24-/m0/s1. The number of rotatable bonds is 9. The monoisotopic (exact) mass is 535 g/mol. The van der Waals surface area contributed by atoms with Crippen molar-refractivity contribution in [2.24, 2.45) is 11.8 Å². The molecular weight excluding hydrogens is 502 g/mol. The van der Waals surface area contributed by atoms with Gasteiger partial charge in [-0.25, -0.2) is 8.42 Å². The molecule has 36 heavy (non-hydrogen) atoms. The summed E-state index contributed by atoms with van der Waals surface area (Å²) in [5.74, 6) is 0.543. The normalized spacial score (nSPS) is 21.4. The van der Waals surface area contributed by atoms with E-state index < -0.39 is 16.1 Å². The summed E-state index contributed by atoms with van der Waals surface area (Å²) in [4.78, 5) is 17.5. The highest BCUT2D eigenvalue weighted by Crippen LogP contribution is 2.36. The Morgan fingerprint density at radius 3 is 2.53 bits per heavy atom. The summed E-state index contributed by atoms with van der Waals surface area (Å²) in [5, 5.41) is 10.3. The number of nitrogens with one attached hydrogen (secondary N) is 1. The maximum Gasteiger partial charge on any atom is 0.262 e. The Balaban J connectivity index is 1.72. The molecule has 2 N–H and O–H groups in total. The average Bonchev–Trinajstić information content (AvgIpc) is 3.65. The number of aliphatic hydroxyl groups is 1. The molecule has 8 nitrogen and oxygen atoms in total. The molecule has 0 unspecified atom stereocenters. The number of amides is 1. The Hall–Kier alpha value is -2.33. The molecule has 1 heterocycles. The highest BCUT2D eigenvalue weighted by Gasteiger charge is 2.35. The zero-order chi connectivity index (χ0) is 26.0. The van der Waals surface area contributed by atoms with Crippen LogP contribution in [0.1, 0.15) is 37.0 Å². The number of benzene rings is 2. The molecule has 10 heteroatoms. The Labute approximate surface area is 218 Å². The van der Waals surface area contributed by atoms with Crippen molar-refractivity contribution in [1.29, 1.82) is 0 Å². The van der Waals surface area contributed by atoms with Gasteiger partial charge >= 0.3 is 0 Å². The number of ether oxygens (including phenoxy) is 1. The van der Waals surface area contributed by atoms with Gasteiger partial charge in [-0.3, -0.25) is 9.52 Å². The van der Waals surface area contributed by atoms with Gasteiger partial charge in [0.05, 0.1) is 28.8 Å². The lowest BCUT2D eigenvalue weighted by atomic mass is 9.99. The summed E-state index contributed by atoms with van der Waals surface area (Å²) >= 11 is 5.92. The Morgan fingerprint density at radius 2 is 1.89 bits per heavy atom. The fourth-order valence-corrected chi connectivity index (χ4v) is 5.67. The van der Waals surface area contributed by atoms with Crippen LogP contribution in [0.3, 0.4) is 0 Å². The van der Waals surface area contributed by atoms with Crippen LogP contribution in [0, 0.1) is 11.8 Å². The summed E-state index contributed by atoms with van der Waals surface area (Å²) in [7, 11) is -1.90. The second-order valence-electron chi connectivity index (χ2n) is 10.0. The Kier molecular flexibility index (Phi) is 8.14. The van der Waals surface area contributed by atoms with Crippen molar-refractivity contribution in [1.82, 2.24) is 9.80 Å². The van der Waals surface area contributed by atoms with Gasteiger partial charge in [-0.1, -0.05) is 24.6 Å². The lowest BCUT2D eigenvalue weighted by molar-refractivity contribution is 0.0346. The van der Waals surface area contributed by atoms with E-state index in [2.05, 4.69) is 16.7 Å².